The van der Waals surface area contributed by atoms with Crippen LogP contribution >= 0.6 is 22.6 Å². The van der Waals surface area contributed by atoms with E-state index >= 15 is 0 Å². The van der Waals surface area contributed by atoms with Gasteiger partial charge in [0.05, 0.1) is 5.56 Å². The molecule has 0 heterocycles. The number of alkyl halides is 3. The Hall–Kier alpha value is -0.460. The van der Waals surface area contributed by atoms with E-state index in [1.54, 1.807) is 35.7 Å². The Morgan fingerprint density at radius 1 is 1.31 bits per heavy atom. The number of hydrogen-bond donors (Lipinski definition) is 1. The van der Waals surface area contributed by atoms with E-state index in [0.29, 0.717) is 5.69 Å². The number of nitrogens with one attached hydrogen (secondary N) is 1. The number of anilines is 1. The highest BCUT2D eigenvalue weighted by Gasteiger charge is 2.32. The first-order chi connectivity index (χ1) is 5.95. The van der Waals surface area contributed by atoms with Crippen molar-refractivity contribution in [2.24, 2.45) is 0 Å². The van der Waals surface area contributed by atoms with Gasteiger partial charge in [0.1, 0.15) is 0 Å². The molecule has 0 radical (unpaired) electrons. The number of hydrogen-bond acceptors (Lipinski definition) is 1. The zero-order valence-corrected chi connectivity index (χ0v) is 8.90. The SMILES string of the molecule is CNc1ccc(I)c(C(F)(F)F)c1. The van der Waals surface area contributed by atoms with Gasteiger partial charge in [-0.3, -0.25) is 0 Å². The zero-order chi connectivity index (χ0) is 10.1. The molecule has 0 saturated heterocycles. The normalized spacial score (nSPS) is 11.5. The van der Waals surface area contributed by atoms with Crippen molar-refractivity contribution in [2.75, 3.05) is 12.4 Å². The number of benzene rings is 1. The van der Waals surface area contributed by atoms with Crippen molar-refractivity contribution in [1.82, 2.24) is 0 Å². The molecule has 0 aliphatic heterocycles. The third-order valence-electron chi connectivity index (χ3n) is 1.56. The number of halogens is 4. The Morgan fingerprint density at radius 2 is 1.92 bits per heavy atom. The van der Waals surface area contributed by atoms with E-state index < -0.39 is 11.7 Å². The van der Waals surface area contributed by atoms with Gasteiger partial charge in [0, 0.05) is 16.3 Å². The van der Waals surface area contributed by atoms with Crippen molar-refractivity contribution in [3.8, 4) is 0 Å². The molecular weight excluding hydrogens is 294 g/mol. The predicted molar refractivity (Wildman–Crippen MR) is 53.7 cm³/mol. The summed E-state index contributed by atoms with van der Waals surface area (Å²) in [5.41, 5.74) is -0.132. The van der Waals surface area contributed by atoms with E-state index in [1.807, 2.05) is 0 Å². The predicted octanol–water partition coefficient (Wildman–Crippen LogP) is 3.35. The Bertz CT molecular complexity index is 309. The Balaban J connectivity index is 3.19. The summed E-state index contributed by atoms with van der Waals surface area (Å²) < 4.78 is 37.2. The van der Waals surface area contributed by atoms with Crippen LogP contribution in [-0.2, 0) is 6.18 Å². The lowest BCUT2D eigenvalue weighted by atomic mass is 10.2. The lowest BCUT2D eigenvalue weighted by Crippen LogP contribution is -2.08. The topological polar surface area (TPSA) is 12.0 Å². The van der Waals surface area contributed by atoms with Gasteiger partial charge in [-0.2, -0.15) is 13.2 Å². The van der Waals surface area contributed by atoms with E-state index in [4.69, 9.17) is 0 Å². The van der Waals surface area contributed by atoms with Gasteiger partial charge in [-0.15, -0.1) is 0 Å². The van der Waals surface area contributed by atoms with Gasteiger partial charge in [0.15, 0.2) is 0 Å². The standard InChI is InChI=1S/C8H7F3IN/c1-13-5-2-3-7(12)6(4-5)8(9,10)11/h2-4,13H,1H3. The van der Waals surface area contributed by atoms with Gasteiger partial charge in [-0.1, -0.05) is 0 Å². The number of rotatable bonds is 1. The monoisotopic (exact) mass is 301 g/mol. The maximum absolute atomic E-state index is 12.3. The first-order valence-corrected chi connectivity index (χ1v) is 4.57. The smallest absolute Gasteiger partial charge is 0.388 e. The first-order valence-electron chi connectivity index (χ1n) is 3.49. The van der Waals surface area contributed by atoms with Crippen LogP contribution < -0.4 is 5.32 Å². The van der Waals surface area contributed by atoms with Gasteiger partial charge in [-0.05, 0) is 40.8 Å². The maximum atomic E-state index is 12.3. The van der Waals surface area contributed by atoms with Gasteiger partial charge >= 0.3 is 6.18 Å². The van der Waals surface area contributed by atoms with Crippen LogP contribution in [0.25, 0.3) is 0 Å². The van der Waals surface area contributed by atoms with E-state index in [1.165, 1.54) is 6.07 Å². The Labute approximate surface area is 87.5 Å². The van der Waals surface area contributed by atoms with E-state index in [2.05, 4.69) is 5.32 Å². The van der Waals surface area contributed by atoms with Crippen LogP contribution in [0.15, 0.2) is 18.2 Å². The molecule has 0 bridgehead atoms. The Kier molecular flexibility index (Phi) is 3.05. The molecule has 1 aromatic carbocycles. The molecule has 0 aliphatic carbocycles. The molecule has 72 valence electrons. The zero-order valence-electron chi connectivity index (χ0n) is 6.74. The Morgan fingerprint density at radius 3 is 2.38 bits per heavy atom. The highest BCUT2D eigenvalue weighted by atomic mass is 127. The molecular formula is C8H7F3IN. The van der Waals surface area contributed by atoms with Crippen molar-refractivity contribution < 1.29 is 13.2 Å². The van der Waals surface area contributed by atoms with Crippen LogP contribution in [0.1, 0.15) is 5.56 Å². The molecule has 0 aromatic heterocycles. The summed E-state index contributed by atoms with van der Waals surface area (Å²) >= 11 is 1.67. The van der Waals surface area contributed by atoms with Gasteiger partial charge in [0.25, 0.3) is 0 Å². The van der Waals surface area contributed by atoms with Crippen LogP contribution in [0, 0.1) is 3.57 Å². The average Bonchev–Trinajstić information content (AvgIpc) is 2.03. The quantitative estimate of drug-likeness (QED) is 0.784. The molecule has 1 nitrogen and oxygen atoms in total. The third-order valence-corrected chi connectivity index (χ3v) is 2.50. The summed E-state index contributed by atoms with van der Waals surface area (Å²) in [5.74, 6) is 0. The fourth-order valence-electron chi connectivity index (χ4n) is 0.898. The van der Waals surface area contributed by atoms with Crippen molar-refractivity contribution in [1.29, 1.82) is 0 Å². The highest BCUT2D eigenvalue weighted by Crippen LogP contribution is 2.34. The van der Waals surface area contributed by atoms with Crippen molar-refractivity contribution in [3.05, 3.63) is 27.3 Å². The maximum Gasteiger partial charge on any atom is 0.417 e. The minimum Gasteiger partial charge on any atom is -0.388 e. The van der Waals surface area contributed by atoms with Crippen LogP contribution in [-0.4, -0.2) is 7.05 Å². The van der Waals surface area contributed by atoms with Crippen molar-refractivity contribution in [3.63, 3.8) is 0 Å². The molecule has 0 saturated carbocycles. The van der Waals surface area contributed by atoms with Gasteiger partial charge < -0.3 is 5.32 Å². The fourth-order valence-corrected chi connectivity index (χ4v) is 1.54. The minimum atomic E-state index is -4.27. The lowest BCUT2D eigenvalue weighted by molar-refractivity contribution is -0.138. The molecule has 0 atom stereocenters. The van der Waals surface area contributed by atoms with E-state index in [-0.39, 0.29) is 3.57 Å². The summed E-state index contributed by atoms with van der Waals surface area (Å²) in [6.45, 7) is 0. The van der Waals surface area contributed by atoms with Crippen LogP contribution in [0.2, 0.25) is 0 Å². The second-order valence-corrected chi connectivity index (χ2v) is 3.60. The third kappa shape index (κ3) is 2.49. The molecule has 1 N–H and O–H groups in total. The molecule has 0 aliphatic rings. The van der Waals surface area contributed by atoms with Crippen LogP contribution in [0.3, 0.4) is 0 Å². The molecule has 0 unspecified atom stereocenters. The second-order valence-electron chi connectivity index (χ2n) is 2.44. The van der Waals surface area contributed by atoms with Crippen LogP contribution in [0.4, 0.5) is 18.9 Å². The molecule has 5 heteroatoms. The lowest BCUT2D eigenvalue weighted by Gasteiger charge is -2.10. The molecule has 0 amide bonds. The molecule has 1 rings (SSSR count). The molecule has 13 heavy (non-hydrogen) atoms. The fraction of sp³-hybridized carbons (Fsp3) is 0.250. The van der Waals surface area contributed by atoms with Gasteiger partial charge in [-0.25, -0.2) is 0 Å². The molecule has 1 aromatic rings. The first kappa shape index (κ1) is 10.6. The van der Waals surface area contributed by atoms with E-state index in [0.717, 1.165) is 6.07 Å². The highest BCUT2D eigenvalue weighted by molar-refractivity contribution is 14.1. The van der Waals surface area contributed by atoms with E-state index in [9.17, 15) is 13.2 Å². The summed E-state index contributed by atoms with van der Waals surface area (Å²) in [7, 11) is 1.59. The van der Waals surface area contributed by atoms with Crippen LogP contribution in [0.5, 0.6) is 0 Å². The summed E-state index contributed by atoms with van der Waals surface area (Å²) in [6.07, 6.45) is -4.27. The summed E-state index contributed by atoms with van der Waals surface area (Å²) in [4.78, 5) is 0. The minimum absolute atomic E-state index is 0.212. The molecule has 0 spiro atoms. The van der Waals surface area contributed by atoms with Crippen molar-refractivity contribution in [2.45, 2.75) is 6.18 Å². The summed E-state index contributed by atoms with van der Waals surface area (Å²) in [5, 5.41) is 2.66. The van der Waals surface area contributed by atoms with Crippen molar-refractivity contribution >= 4 is 28.3 Å². The molecule has 0 fully saturated rings. The average molecular weight is 301 g/mol. The largest absolute Gasteiger partial charge is 0.417 e. The summed E-state index contributed by atoms with van der Waals surface area (Å²) in [6, 6.07) is 4.15. The second kappa shape index (κ2) is 3.73. The van der Waals surface area contributed by atoms with Gasteiger partial charge in [0.2, 0.25) is 0 Å².